The normalized spacial score (nSPS) is 12.2. The van der Waals surface area contributed by atoms with Crippen LogP contribution in [0.5, 0.6) is 11.5 Å². The molecule has 0 aliphatic heterocycles. The molecule has 0 aromatic heterocycles. The summed E-state index contributed by atoms with van der Waals surface area (Å²) in [6, 6.07) is 17.7. The van der Waals surface area contributed by atoms with Gasteiger partial charge in [-0.2, -0.15) is 0 Å². The summed E-state index contributed by atoms with van der Waals surface area (Å²) < 4.78 is 5.77. The number of amides is 1. The third kappa shape index (κ3) is 7.71. The van der Waals surface area contributed by atoms with Crippen LogP contribution in [0.25, 0.3) is 0 Å². The van der Waals surface area contributed by atoms with Crippen molar-refractivity contribution in [2.75, 3.05) is 39.0 Å². The smallest absolute Gasteiger partial charge is 0.238 e. The average Bonchev–Trinajstić information content (AvgIpc) is 2.69. The van der Waals surface area contributed by atoms with Crippen LogP contribution in [-0.4, -0.2) is 55.5 Å². The molecule has 0 aliphatic rings. The molecule has 1 N–H and O–H groups in total. The molecule has 5 nitrogen and oxygen atoms in total. The summed E-state index contributed by atoms with van der Waals surface area (Å²) in [6.07, 6.45) is 2.21. The number of hydrogen-bond donors (Lipinski definition) is 1. The van der Waals surface area contributed by atoms with E-state index in [2.05, 4.69) is 36.0 Å². The summed E-state index contributed by atoms with van der Waals surface area (Å²) in [5, 5.41) is 2.94. The van der Waals surface area contributed by atoms with Gasteiger partial charge in [0.1, 0.15) is 11.5 Å². The minimum absolute atomic E-state index is 0.00508. The number of anilines is 1. The maximum Gasteiger partial charge on any atom is 0.238 e. The van der Waals surface area contributed by atoms with Crippen molar-refractivity contribution in [1.82, 2.24) is 9.80 Å². The molecule has 2 aromatic rings. The fraction of sp³-hybridized carbons (Fsp3) is 0.435. The van der Waals surface area contributed by atoms with E-state index in [1.54, 1.807) is 0 Å². The van der Waals surface area contributed by atoms with E-state index in [4.69, 9.17) is 4.74 Å². The lowest BCUT2D eigenvalue weighted by molar-refractivity contribution is -0.117. The highest BCUT2D eigenvalue weighted by Crippen LogP contribution is 2.22. The Hall–Kier alpha value is -2.37. The van der Waals surface area contributed by atoms with Gasteiger partial charge in [0.15, 0.2) is 0 Å². The predicted octanol–water partition coefficient (Wildman–Crippen LogP) is 4.47. The molecule has 1 amide bonds. The second-order valence-electron chi connectivity index (χ2n) is 7.32. The molecule has 2 aromatic carbocycles. The van der Waals surface area contributed by atoms with Crippen LogP contribution in [-0.2, 0) is 4.79 Å². The third-order valence-electron chi connectivity index (χ3n) is 4.92. The molecule has 1 atom stereocenters. The van der Waals surface area contributed by atoms with E-state index >= 15 is 0 Å². The van der Waals surface area contributed by atoms with Gasteiger partial charge in [0.25, 0.3) is 0 Å². The van der Waals surface area contributed by atoms with E-state index < -0.39 is 0 Å². The molecule has 0 fully saturated rings. The van der Waals surface area contributed by atoms with Crippen molar-refractivity contribution >= 4 is 11.6 Å². The van der Waals surface area contributed by atoms with Crippen LogP contribution in [0, 0.1) is 0 Å². The van der Waals surface area contributed by atoms with Gasteiger partial charge < -0.3 is 15.0 Å². The molecule has 0 aliphatic carbocycles. The Morgan fingerprint density at radius 3 is 2.29 bits per heavy atom. The average molecular weight is 384 g/mol. The first-order valence-corrected chi connectivity index (χ1v) is 9.99. The van der Waals surface area contributed by atoms with Gasteiger partial charge in [-0.3, -0.25) is 9.69 Å². The van der Waals surface area contributed by atoms with Crippen LogP contribution in [0.1, 0.15) is 26.7 Å². The molecular weight excluding hydrogens is 350 g/mol. The first kappa shape index (κ1) is 21.9. The lowest BCUT2D eigenvalue weighted by Gasteiger charge is -2.24. The van der Waals surface area contributed by atoms with E-state index in [0.29, 0.717) is 12.6 Å². The van der Waals surface area contributed by atoms with Crippen LogP contribution < -0.4 is 10.1 Å². The molecule has 0 heterocycles. The first-order valence-electron chi connectivity index (χ1n) is 9.99. The number of nitrogens with zero attached hydrogens (tertiary/aromatic N) is 2. The highest BCUT2D eigenvalue weighted by molar-refractivity contribution is 5.92. The summed E-state index contributed by atoms with van der Waals surface area (Å²) >= 11 is 0. The van der Waals surface area contributed by atoms with E-state index in [9.17, 15) is 4.79 Å². The van der Waals surface area contributed by atoms with E-state index in [-0.39, 0.29) is 5.91 Å². The van der Waals surface area contributed by atoms with Gasteiger partial charge >= 0.3 is 0 Å². The zero-order valence-corrected chi connectivity index (χ0v) is 17.5. The number of benzene rings is 2. The van der Waals surface area contributed by atoms with Crippen molar-refractivity contribution in [3.8, 4) is 11.5 Å². The minimum atomic E-state index is -0.00508. The maximum atomic E-state index is 12.3. The summed E-state index contributed by atoms with van der Waals surface area (Å²) in [7, 11) is 4.14. The monoisotopic (exact) mass is 383 g/mol. The molecule has 28 heavy (non-hydrogen) atoms. The Bertz CT molecular complexity index is 704. The molecule has 2 rings (SSSR count). The van der Waals surface area contributed by atoms with Gasteiger partial charge in [-0.25, -0.2) is 0 Å². The van der Waals surface area contributed by atoms with Crippen LogP contribution in [0.4, 0.5) is 5.69 Å². The maximum absolute atomic E-state index is 12.3. The Labute approximate surface area is 169 Å². The highest BCUT2D eigenvalue weighted by Gasteiger charge is 2.09. The number of rotatable bonds is 11. The summed E-state index contributed by atoms with van der Waals surface area (Å²) in [6.45, 7) is 6.78. The zero-order chi connectivity index (χ0) is 20.4. The highest BCUT2D eigenvalue weighted by atomic mass is 16.5. The molecule has 152 valence electrons. The Morgan fingerprint density at radius 2 is 1.64 bits per heavy atom. The summed E-state index contributed by atoms with van der Waals surface area (Å²) in [4.78, 5) is 16.7. The van der Waals surface area contributed by atoms with Crippen molar-refractivity contribution in [2.45, 2.75) is 32.7 Å². The lowest BCUT2D eigenvalue weighted by atomic mass is 10.2. The number of para-hydroxylation sites is 1. The number of carbonyl (C=O) groups is 1. The predicted molar refractivity (Wildman–Crippen MR) is 116 cm³/mol. The molecule has 0 saturated carbocycles. The van der Waals surface area contributed by atoms with Crippen LogP contribution in [0.2, 0.25) is 0 Å². The Morgan fingerprint density at radius 1 is 1.00 bits per heavy atom. The summed E-state index contributed by atoms with van der Waals surface area (Å²) in [5.41, 5.74) is 0.773. The molecule has 0 spiro atoms. The molecule has 1 unspecified atom stereocenters. The number of likely N-dealkylation sites (N-methyl/N-ethyl adjacent to an activating group) is 1. The van der Waals surface area contributed by atoms with Gasteiger partial charge in [-0.15, -0.1) is 0 Å². The number of carbonyl (C=O) groups excluding carboxylic acids is 1. The fourth-order valence-electron chi connectivity index (χ4n) is 2.88. The second kappa shape index (κ2) is 11.5. The van der Waals surface area contributed by atoms with Gasteiger partial charge in [-0.1, -0.05) is 25.1 Å². The first-order chi connectivity index (χ1) is 13.5. The molecule has 5 heteroatoms. The molecule has 0 saturated heterocycles. The van der Waals surface area contributed by atoms with Gasteiger partial charge in [0.05, 0.1) is 6.54 Å². The minimum Gasteiger partial charge on any atom is -0.457 e. The molecular formula is C23H33N3O2. The van der Waals surface area contributed by atoms with Crippen LogP contribution in [0.15, 0.2) is 54.6 Å². The van der Waals surface area contributed by atoms with Crippen molar-refractivity contribution in [3.05, 3.63) is 54.6 Å². The van der Waals surface area contributed by atoms with E-state index in [1.807, 2.05) is 61.6 Å². The van der Waals surface area contributed by atoms with Gasteiger partial charge in [0, 0.05) is 11.7 Å². The van der Waals surface area contributed by atoms with Gasteiger partial charge in [-0.05, 0) is 83.3 Å². The van der Waals surface area contributed by atoms with Crippen molar-refractivity contribution in [3.63, 3.8) is 0 Å². The zero-order valence-electron chi connectivity index (χ0n) is 17.5. The number of nitrogens with one attached hydrogen (secondary N) is 1. The topological polar surface area (TPSA) is 44.8 Å². The Balaban J connectivity index is 1.72. The summed E-state index contributed by atoms with van der Waals surface area (Å²) in [5.74, 6) is 1.53. The molecule has 0 bridgehead atoms. The van der Waals surface area contributed by atoms with Crippen molar-refractivity contribution < 1.29 is 9.53 Å². The van der Waals surface area contributed by atoms with E-state index in [0.717, 1.165) is 43.1 Å². The standard InChI is InChI=1S/C23H33N3O2/c1-5-19(2)26(4)17-9-16-25(3)18-23(27)24-20-12-14-22(15-13-20)28-21-10-7-6-8-11-21/h6-8,10-15,19H,5,9,16-18H2,1-4H3,(H,24,27). The van der Waals surface area contributed by atoms with E-state index in [1.165, 1.54) is 0 Å². The molecule has 0 radical (unpaired) electrons. The van der Waals surface area contributed by atoms with Crippen molar-refractivity contribution in [1.29, 1.82) is 0 Å². The quantitative estimate of drug-likeness (QED) is 0.622. The fourth-order valence-corrected chi connectivity index (χ4v) is 2.88. The second-order valence-corrected chi connectivity index (χ2v) is 7.32. The SMILES string of the molecule is CCC(C)N(C)CCCN(C)CC(=O)Nc1ccc(Oc2ccccc2)cc1. The van der Waals surface area contributed by atoms with Crippen LogP contribution >= 0.6 is 0 Å². The largest absolute Gasteiger partial charge is 0.457 e. The van der Waals surface area contributed by atoms with Crippen molar-refractivity contribution in [2.24, 2.45) is 0 Å². The third-order valence-corrected chi connectivity index (χ3v) is 4.92. The Kier molecular flexibility index (Phi) is 8.98. The number of hydrogen-bond acceptors (Lipinski definition) is 4. The van der Waals surface area contributed by atoms with Gasteiger partial charge in [0.2, 0.25) is 5.91 Å². The lowest BCUT2D eigenvalue weighted by Crippen LogP contribution is -2.34. The van der Waals surface area contributed by atoms with Crippen LogP contribution in [0.3, 0.4) is 0 Å². The number of ether oxygens (including phenoxy) is 1.